The highest BCUT2D eigenvalue weighted by Gasteiger charge is 2.36. The van der Waals surface area contributed by atoms with Crippen molar-refractivity contribution in [3.63, 3.8) is 0 Å². The first-order chi connectivity index (χ1) is 17.5. The lowest BCUT2D eigenvalue weighted by atomic mass is 10.0. The number of nitrogens with two attached hydrogens (primary N) is 2. The minimum Gasteiger partial charge on any atom is -0.465 e. The predicted molar refractivity (Wildman–Crippen MR) is 137 cm³/mol. The van der Waals surface area contributed by atoms with Crippen molar-refractivity contribution in [2.24, 2.45) is 5.73 Å². The number of nitrogens with one attached hydrogen (secondary N) is 1. The number of halogens is 1. The first-order valence-corrected chi connectivity index (χ1v) is 12.0. The molecule has 0 radical (unpaired) electrons. The fraction of sp³-hybridized carbons (Fsp3) is 0.240. The molecule has 1 heterocycles. The maximum Gasteiger partial charge on any atom is 0.325 e. The van der Waals surface area contributed by atoms with Crippen molar-refractivity contribution < 1.29 is 28.3 Å². The molecular weight excluding hydrogens is 501 g/mol. The summed E-state index contributed by atoms with van der Waals surface area (Å²) in [4.78, 5) is 52.1. The fourth-order valence-corrected chi connectivity index (χ4v) is 4.27. The number of nitrogens with zero attached hydrogens (tertiary/aromatic N) is 2. The fourth-order valence-electron chi connectivity index (χ4n) is 3.53. The summed E-state index contributed by atoms with van der Waals surface area (Å²) in [5.41, 5.74) is 13.2. The van der Waals surface area contributed by atoms with Crippen molar-refractivity contribution in [2.75, 3.05) is 23.8 Å². The third kappa shape index (κ3) is 6.09. The lowest BCUT2D eigenvalue weighted by Gasteiger charge is -2.31. The van der Waals surface area contributed by atoms with Crippen LogP contribution < -0.4 is 21.7 Å². The average Bonchev–Trinajstić information content (AvgIpc) is 3.25. The van der Waals surface area contributed by atoms with E-state index in [0.29, 0.717) is 17.2 Å². The first-order valence-electron chi connectivity index (χ1n) is 11.2. The molecule has 0 aliphatic rings. The first kappa shape index (κ1) is 27.3. The second-order valence-corrected chi connectivity index (χ2v) is 8.83. The molecule has 0 fully saturated rings. The highest BCUT2D eigenvalue weighted by atomic mass is 32.1. The van der Waals surface area contributed by atoms with Gasteiger partial charge in [-0.25, -0.2) is 4.39 Å². The molecule has 0 aliphatic heterocycles. The molecule has 10 nitrogen and oxygen atoms in total. The van der Waals surface area contributed by atoms with Crippen LogP contribution in [0.25, 0.3) is 0 Å². The van der Waals surface area contributed by atoms with Gasteiger partial charge in [0.2, 0.25) is 5.91 Å². The van der Waals surface area contributed by atoms with Gasteiger partial charge in [-0.3, -0.25) is 24.1 Å². The number of primary amides is 1. The van der Waals surface area contributed by atoms with Gasteiger partial charge in [-0.1, -0.05) is 18.2 Å². The highest BCUT2D eigenvalue weighted by molar-refractivity contribution is 7.09. The molecule has 0 aliphatic carbocycles. The summed E-state index contributed by atoms with van der Waals surface area (Å²) in [5, 5.41) is 2.48. The summed E-state index contributed by atoms with van der Waals surface area (Å²) in [5.74, 6) is -3.60. The lowest BCUT2D eigenvalue weighted by Crippen LogP contribution is -2.45. The van der Waals surface area contributed by atoms with Crippen LogP contribution in [-0.2, 0) is 14.3 Å². The molecule has 0 saturated heterocycles. The average molecular weight is 528 g/mol. The number of hydrogen-bond acceptors (Lipinski definition) is 8. The van der Waals surface area contributed by atoms with E-state index in [1.54, 1.807) is 25.1 Å². The maximum absolute atomic E-state index is 13.9. The van der Waals surface area contributed by atoms with Crippen molar-refractivity contribution in [2.45, 2.75) is 26.8 Å². The summed E-state index contributed by atoms with van der Waals surface area (Å²) in [6, 6.07) is 8.77. The molecule has 5 N–H and O–H groups in total. The number of esters is 1. The van der Waals surface area contributed by atoms with Gasteiger partial charge in [0.25, 0.3) is 11.8 Å². The van der Waals surface area contributed by atoms with Crippen LogP contribution in [0.3, 0.4) is 0 Å². The van der Waals surface area contributed by atoms with Crippen LogP contribution in [0.15, 0.2) is 42.5 Å². The zero-order valence-electron chi connectivity index (χ0n) is 20.4. The number of carbonyl (C=O) groups excluding carboxylic acids is 4. The third-order valence-electron chi connectivity index (χ3n) is 5.55. The van der Waals surface area contributed by atoms with Gasteiger partial charge in [0.15, 0.2) is 5.69 Å². The van der Waals surface area contributed by atoms with Crippen molar-refractivity contribution in [3.8, 4) is 0 Å². The van der Waals surface area contributed by atoms with E-state index in [-0.39, 0.29) is 28.4 Å². The van der Waals surface area contributed by atoms with Gasteiger partial charge in [0.05, 0.1) is 12.3 Å². The summed E-state index contributed by atoms with van der Waals surface area (Å²) in [7, 11) is 0. The number of amides is 3. The minimum absolute atomic E-state index is 0.114. The molecule has 3 aromatic rings. The summed E-state index contributed by atoms with van der Waals surface area (Å²) in [6.45, 7) is 5.02. The quantitative estimate of drug-likeness (QED) is 0.361. The van der Waals surface area contributed by atoms with Gasteiger partial charge in [0, 0.05) is 5.69 Å². The minimum atomic E-state index is -1.36. The van der Waals surface area contributed by atoms with Gasteiger partial charge in [-0.15, -0.1) is 0 Å². The van der Waals surface area contributed by atoms with Gasteiger partial charge in [-0.05, 0) is 73.3 Å². The molecule has 3 amide bonds. The van der Waals surface area contributed by atoms with Gasteiger partial charge in [-0.2, -0.15) is 4.37 Å². The molecule has 0 bridgehead atoms. The van der Waals surface area contributed by atoms with Crippen LogP contribution in [0.5, 0.6) is 0 Å². The van der Waals surface area contributed by atoms with E-state index < -0.39 is 42.1 Å². The van der Waals surface area contributed by atoms with E-state index in [1.807, 2.05) is 13.8 Å². The smallest absolute Gasteiger partial charge is 0.325 e. The van der Waals surface area contributed by atoms with E-state index in [1.165, 1.54) is 12.1 Å². The standard InChI is InChI=1S/C25H26FN5O5S/c1-4-36-18(32)12-29-24(34)21(15-6-8-16(26)9-7-15)31(17-10-5-13(2)14(3)11-17)25(35)22-19(27)20(23(28)33)30-37-22/h5-11,21H,4,12,27H2,1-3H3,(H2,28,33)(H,29,34)/t21-/m0/s1. The van der Waals surface area contributed by atoms with Crippen molar-refractivity contribution in [1.82, 2.24) is 9.69 Å². The topological polar surface area (TPSA) is 158 Å². The molecule has 0 spiro atoms. The van der Waals surface area contributed by atoms with Crippen molar-refractivity contribution >= 4 is 46.6 Å². The molecule has 2 aromatic carbocycles. The number of ether oxygens (including phenoxy) is 1. The van der Waals surface area contributed by atoms with Crippen LogP contribution in [0.1, 0.15) is 49.8 Å². The van der Waals surface area contributed by atoms with E-state index in [4.69, 9.17) is 16.2 Å². The summed E-state index contributed by atoms with van der Waals surface area (Å²) >= 11 is 0.662. The number of anilines is 2. The van der Waals surface area contributed by atoms with Crippen LogP contribution in [0, 0.1) is 19.7 Å². The molecule has 194 valence electrons. The van der Waals surface area contributed by atoms with Crippen LogP contribution in [0.4, 0.5) is 15.8 Å². The second-order valence-electron chi connectivity index (χ2n) is 8.06. The van der Waals surface area contributed by atoms with Gasteiger partial charge < -0.3 is 21.5 Å². The molecule has 0 unspecified atom stereocenters. The molecule has 1 aromatic heterocycles. The van der Waals surface area contributed by atoms with Crippen LogP contribution in [0.2, 0.25) is 0 Å². The molecule has 12 heteroatoms. The Balaban J connectivity index is 2.18. The van der Waals surface area contributed by atoms with E-state index in [9.17, 15) is 23.6 Å². The molecule has 3 rings (SSSR count). The Hall–Kier alpha value is -4.32. The SMILES string of the molecule is CCOC(=O)CNC(=O)[C@H](c1ccc(F)cc1)N(C(=O)c1snc(C(N)=O)c1N)c1ccc(C)c(C)c1. The third-order valence-corrected chi connectivity index (χ3v) is 6.40. The molecular formula is C25H26FN5O5S. The molecule has 1 atom stereocenters. The monoisotopic (exact) mass is 527 g/mol. The highest BCUT2D eigenvalue weighted by Crippen LogP contribution is 2.34. The number of aryl methyl sites for hydroxylation is 2. The Kier molecular flexibility index (Phi) is 8.56. The predicted octanol–water partition coefficient (Wildman–Crippen LogP) is 2.65. The second kappa shape index (κ2) is 11.6. The zero-order chi connectivity index (χ0) is 27.3. The molecule has 0 saturated carbocycles. The Labute approximate surface area is 216 Å². The normalized spacial score (nSPS) is 11.5. The molecule has 37 heavy (non-hydrogen) atoms. The number of benzene rings is 2. The number of nitrogen functional groups attached to an aromatic ring is 1. The summed E-state index contributed by atoms with van der Waals surface area (Å²) < 4.78 is 22.5. The van der Waals surface area contributed by atoms with Crippen LogP contribution >= 0.6 is 11.5 Å². The Morgan fingerprint density at radius 2 is 1.78 bits per heavy atom. The number of rotatable bonds is 9. The Bertz CT molecular complexity index is 1340. The van der Waals surface area contributed by atoms with E-state index >= 15 is 0 Å². The van der Waals surface area contributed by atoms with E-state index in [2.05, 4.69) is 9.69 Å². The van der Waals surface area contributed by atoms with Gasteiger partial charge in [0.1, 0.15) is 23.3 Å². The Morgan fingerprint density at radius 3 is 2.35 bits per heavy atom. The zero-order valence-corrected chi connectivity index (χ0v) is 21.2. The van der Waals surface area contributed by atoms with Crippen molar-refractivity contribution in [3.05, 3.63) is 75.5 Å². The number of aromatic nitrogens is 1. The summed E-state index contributed by atoms with van der Waals surface area (Å²) in [6.07, 6.45) is 0. The van der Waals surface area contributed by atoms with Gasteiger partial charge >= 0.3 is 5.97 Å². The van der Waals surface area contributed by atoms with Crippen molar-refractivity contribution in [1.29, 1.82) is 0 Å². The van der Waals surface area contributed by atoms with E-state index in [0.717, 1.165) is 28.2 Å². The lowest BCUT2D eigenvalue weighted by molar-refractivity contribution is -0.143. The maximum atomic E-state index is 13.9. The largest absolute Gasteiger partial charge is 0.465 e. The van der Waals surface area contributed by atoms with Crippen LogP contribution in [-0.4, -0.2) is 41.2 Å². The number of carbonyl (C=O) groups is 4. The number of hydrogen-bond donors (Lipinski definition) is 3. The Morgan fingerprint density at radius 1 is 1.11 bits per heavy atom.